The average molecular weight is 414 g/mol. The summed E-state index contributed by atoms with van der Waals surface area (Å²) in [4.78, 5) is 39.1. The Hall–Kier alpha value is -3.26. The first-order valence-corrected chi connectivity index (χ1v) is 9.67. The number of carbonyl (C=O) groups excluding carboxylic acids is 2. The van der Waals surface area contributed by atoms with Crippen LogP contribution in [0.1, 0.15) is 24.0 Å². The number of carboxylic acid groups (broad SMARTS) is 1. The quantitative estimate of drug-likeness (QED) is 0.725. The molecule has 1 fully saturated rings. The Morgan fingerprint density at radius 2 is 1.77 bits per heavy atom. The Balaban J connectivity index is 2.00. The Morgan fingerprint density at radius 3 is 2.37 bits per heavy atom. The summed E-state index contributed by atoms with van der Waals surface area (Å²) in [6, 6.07) is 12.7. The lowest BCUT2D eigenvalue weighted by Crippen LogP contribution is -2.55. The van der Waals surface area contributed by atoms with Gasteiger partial charge in [-0.25, -0.2) is 14.0 Å². The zero-order chi connectivity index (χ0) is 21.7. The predicted octanol–water partition coefficient (Wildman–Crippen LogP) is 2.43. The smallest absolute Gasteiger partial charge is 0.334 e. The van der Waals surface area contributed by atoms with E-state index in [2.05, 4.69) is 0 Å². The molecule has 3 rings (SSSR count). The van der Waals surface area contributed by atoms with Crippen LogP contribution in [0.4, 0.5) is 9.18 Å². The van der Waals surface area contributed by atoms with Gasteiger partial charge in [0.1, 0.15) is 5.82 Å². The molecule has 2 aromatic carbocycles. The van der Waals surface area contributed by atoms with E-state index in [4.69, 9.17) is 0 Å². The maximum atomic E-state index is 14.3. The van der Waals surface area contributed by atoms with E-state index >= 15 is 0 Å². The number of halogens is 1. The number of amides is 3. The van der Waals surface area contributed by atoms with Gasteiger partial charge >= 0.3 is 12.0 Å². The fraction of sp³-hybridized carbons (Fsp3) is 0.318. The zero-order valence-electron chi connectivity index (χ0n) is 16.3. The number of benzene rings is 2. The van der Waals surface area contributed by atoms with Gasteiger partial charge < -0.3 is 15.1 Å². The highest BCUT2D eigenvalue weighted by atomic mass is 19.1. The number of hydrogen-bond donors (Lipinski definition) is 2. The molecule has 0 bridgehead atoms. The first kappa shape index (κ1) is 21.4. The van der Waals surface area contributed by atoms with Crippen molar-refractivity contribution in [2.24, 2.45) is 0 Å². The Bertz CT molecular complexity index is 921. The summed E-state index contributed by atoms with van der Waals surface area (Å²) in [5.74, 6) is -2.44. The summed E-state index contributed by atoms with van der Waals surface area (Å²) < 4.78 is 14.3. The third-order valence-corrected chi connectivity index (χ3v) is 5.15. The topological polar surface area (TPSA) is 98.2 Å². The van der Waals surface area contributed by atoms with Crippen LogP contribution in [-0.2, 0) is 22.6 Å². The molecule has 2 unspecified atom stereocenters. The Labute approximate surface area is 173 Å². The van der Waals surface area contributed by atoms with Crippen molar-refractivity contribution in [1.82, 2.24) is 9.80 Å². The van der Waals surface area contributed by atoms with Gasteiger partial charge in [0.25, 0.3) is 0 Å². The van der Waals surface area contributed by atoms with E-state index in [1.165, 1.54) is 18.2 Å². The molecule has 0 saturated carbocycles. The Morgan fingerprint density at radius 1 is 1.10 bits per heavy atom. The third-order valence-electron chi connectivity index (χ3n) is 5.15. The van der Waals surface area contributed by atoms with Crippen LogP contribution >= 0.6 is 0 Å². The number of hydrogen-bond acceptors (Lipinski definition) is 4. The molecular formula is C22H23FN2O5. The largest absolute Gasteiger partial charge is 0.479 e. The molecule has 3 amide bonds. The standard InChI is InChI=1S/C22H23FN2O5/c23-17-10-5-4-9-16(17)14-25(22(30)24-12-6-11-19(24)26)18(20(27)21(28)29)13-15-7-2-1-3-8-15/h1-5,7-10,18,20,27H,6,11-14H2,(H,28,29). The van der Waals surface area contributed by atoms with Crippen molar-refractivity contribution in [3.8, 4) is 0 Å². The van der Waals surface area contributed by atoms with Crippen LogP contribution in [0.3, 0.4) is 0 Å². The van der Waals surface area contributed by atoms with Gasteiger partial charge in [0.15, 0.2) is 6.10 Å². The first-order valence-electron chi connectivity index (χ1n) is 9.67. The average Bonchev–Trinajstić information content (AvgIpc) is 3.17. The number of carbonyl (C=O) groups is 3. The number of carboxylic acids is 1. The molecule has 0 spiro atoms. The molecule has 1 aliphatic rings. The van der Waals surface area contributed by atoms with E-state index in [1.54, 1.807) is 36.4 Å². The molecule has 1 heterocycles. The molecule has 0 radical (unpaired) electrons. The molecule has 0 aromatic heterocycles. The van der Waals surface area contributed by atoms with E-state index in [1.807, 2.05) is 0 Å². The molecule has 1 saturated heterocycles. The van der Waals surface area contributed by atoms with Gasteiger partial charge in [0, 0.05) is 18.5 Å². The lowest BCUT2D eigenvalue weighted by Gasteiger charge is -2.36. The molecule has 0 aliphatic carbocycles. The van der Waals surface area contributed by atoms with E-state index in [0.717, 1.165) is 9.80 Å². The van der Waals surface area contributed by atoms with Crippen LogP contribution in [0.2, 0.25) is 0 Å². The minimum Gasteiger partial charge on any atom is -0.479 e. The second-order valence-corrected chi connectivity index (χ2v) is 7.19. The van der Waals surface area contributed by atoms with Crippen LogP contribution < -0.4 is 0 Å². The molecule has 158 valence electrons. The predicted molar refractivity (Wildman–Crippen MR) is 106 cm³/mol. The highest BCUT2D eigenvalue weighted by Gasteiger charge is 2.39. The highest BCUT2D eigenvalue weighted by molar-refractivity contribution is 5.96. The molecule has 30 heavy (non-hydrogen) atoms. The van der Waals surface area contributed by atoms with Crippen molar-refractivity contribution in [2.75, 3.05) is 6.54 Å². The van der Waals surface area contributed by atoms with Gasteiger partial charge in [-0.15, -0.1) is 0 Å². The fourth-order valence-corrected chi connectivity index (χ4v) is 3.55. The summed E-state index contributed by atoms with van der Waals surface area (Å²) in [5, 5.41) is 19.9. The number of aliphatic hydroxyl groups excluding tert-OH is 1. The van der Waals surface area contributed by atoms with Crippen molar-refractivity contribution in [1.29, 1.82) is 0 Å². The minimum atomic E-state index is -1.92. The number of aliphatic hydroxyl groups is 1. The summed E-state index contributed by atoms with van der Waals surface area (Å²) in [6.45, 7) is -0.0796. The maximum Gasteiger partial charge on any atom is 0.334 e. The number of aliphatic carboxylic acids is 1. The summed E-state index contributed by atoms with van der Waals surface area (Å²) in [6.07, 6.45) is -1.18. The summed E-state index contributed by atoms with van der Waals surface area (Å²) in [7, 11) is 0. The third kappa shape index (κ3) is 4.83. The second-order valence-electron chi connectivity index (χ2n) is 7.19. The van der Waals surface area contributed by atoms with Crippen molar-refractivity contribution in [3.05, 3.63) is 71.5 Å². The van der Waals surface area contributed by atoms with Crippen molar-refractivity contribution >= 4 is 17.9 Å². The lowest BCUT2D eigenvalue weighted by molar-refractivity contribution is -0.150. The molecule has 2 aromatic rings. The van der Waals surface area contributed by atoms with Gasteiger partial charge in [0.2, 0.25) is 5.91 Å². The van der Waals surface area contributed by atoms with Crippen molar-refractivity contribution in [2.45, 2.75) is 38.0 Å². The molecule has 2 N–H and O–H groups in total. The molecule has 2 atom stereocenters. The van der Waals surface area contributed by atoms with Crippen molar-refractivity contribution < 1.29 is 29.0 Å². The normalized spacial score (nSPS) is 15.7. The van der Waals surface area contributed by atoms with Gasteiger partial charge in [-0.1, -0.05) is 48.5 Å². The van der Waals surface area contributed by atoms with Gasteiger partial charge in [-0.05, 0) is 24.5 Å². The Kier molecular flexibility index (Phi) is 6.79. The number of nitrogens with zero attached hydrogens (tertiary/aromatic N) is 2. The van der Waals surface area contributed by atoms with Crippen LogP contribution in [0.15, 0.2) is 54.6 Å². The molecular weight excluding hydrogens is 391 g/mol. The van der Waals surface area contributed by atoms with Gasteiger partial charge in [-0.2, -0.15) is 0 Å². The van der Waals surface area contributed by atoms with E-state index in [0.29, 0.717) is 12.0 Å². The molecule has 7 nitrogen and oxygen atoms in total. The number of urea groups is 1. The number of rotatable bonds is 7. The van der Waals surface area contributed by atoms with Gasteiger partial charge in [0.05, 0.1) is 12.6 Å². The van der Waals surface area contributed by atoms with Crippen LogP contribution in [0, 0.1) is 5.82 Å². The fourth-order valence-electron chi connectivity index (χ4n) is 3.55. The molecule has 1 aliphatic heterocycles. The van der Waals surface area contributed by atoms with Crippen LogP contribution in [0.5, 0.6) is 0 Å². The SMILES string of the molecule is O=C(O)C(O)C(Cc1ccccc1)N(Cc1ccccc1F)C(=O)N1CCCC1=O. The summed E-state index contributed by atoms with van der Waals surface area (Å²) in [5.41, 5.74) is 0.857. The number of imide groups is 1. The van der Waals surface area contributed by atoms with E-state index < -0.39 is 30.0 Å². The van der Waals surface area contributed by atoms with E-state index in [9.17, 15) is 29.0 Å². The van der Waals surface area contributed by atoms with Crippen LogP contribution in [0.25, 0.3) is 0 Å². The second kappa shape index (κ2) is 9.49. The summed E-state index contributed by atoms with van der Waals surface area (Å²) >= 11 is 0. The molecule has 8 heteroatoms. The lowest BCUT2D eigenvalue weighted by atomic mass is 9.99. The number of likely N-dealkylation sites (tertiary alicyclic amines) is 1. The maximum absolute atomic E-state index is 14.3. The van der Waals surface area contributed by atoms with Crippen LogP contribution in [-0.4, -0.2) is 56.6 Å². The first-order chi connectivity index (χ1) is 14.4. The monoisotopic (exact) mass is 414 g/mol. The van der Waals surface area contributed by atoms with Crippen molar-refractivity contribution in [3.63, 3.8) is 0 Å². The van der Waals surface area contributed by atoms with Gasteiger partial charge in [-0.3, -0.25) is 9.69 Å². The van der Waals surface area contributed by atoms with E-state index in [-0.39, 0.29) is 37.4 Å². The highest BCUT2D eigenvalue weighted by Crippen LogP contribution is 2.22. The zero-order valence-corrected chi connectivity index (χ0v) is 16.3. The minimum absolute atomic E-state index is 0.0243.